The summed E-state index contributed by atoms with van der Waals surface area (Å²) in [5.41, 5.74) is 1.02. The number of aromatic nitrogens is 1. The van der Waals surface area contributed by atoms with Crippen molar-refractivity contribution < 1.29 is 4.74 Å². The highest BCUT2D eigenvalue weighted by molar-refractivity contribution is 14.0. The number of guanidine groups is 1. The summed E-state index contributed by atoms with van der Waals surface area (Å²) in [5, 5.41) is 7.70. The Morgan fingerprint density at radius 2 is 2.24 bits per heavy atom. The van der Waals surface area contributed by atoms with Crippen molar-refractivity contribution in [3.05, 3.63) is 23.9 Å². The third-order valence-electron chi connectivity index (χ3n) is 4.10. The minimum Gasteiger partial charge on any atom is -0.477 e. The molecule has 142 valence electrons. The van der Waals surface area contributed by atoms with Crippen molar-refractivity contribution in [2.75, 3.05) is 19.4 Å². The van der Waals surface area contributed by atoms with Crippen LogP contribution in [-0.4, -0.2) is 41.6 Å². The van der Waals surface area contributed by atoms with Gasteiger partial charge in [-0.25, -0.2) is 9.98 Å². The minimum atomic E-state index is 0. The van der Waals surface area contributed by atoms with Crippen LogP contribution in [0.5, 0.6) is 5.88 Å². The molecule has 2 N–H and O–H groups in total. The lowest BCUT2D eigenvalue weighted by Crippen LogP contribution is -2.42. The number of thioether (sulfide) groups is 1. The van der Waals surface area contributed by atoms with Crippen molar-refractivity contribution in [2.24, 2.45) is 4.99 Å². The van der Waals surface area contributed by atoms with Crippen LogP contribution < -0.4 is 15.4 Å². The van der Waals surface area contributed by atoms with E-state index in [0.717, 1.165) is 29.7 Å². The van der Waals surface area contributed by atoms with Crippen molar-refractivity contribution in [3.63, 3.8) is 0 Å². The zero-order valence-corrected chi connectivity index (χ0v) is 18.6. The molecule has 1 aliphatic carbocycles. The fourth-order valence-corrected chi connectivity index (χ4v) is 3.63. The molecule has 1 heterocycles. The largest absolute Gasteiger partial charge is 0.477 e. The maximum absolute atomic E-state index is 5.72. The molecule has 5 nitrogen and oxygen atoms in total. The molecule has 0 radical (unpaired) electrons. The molecule has 25 heavy (non-hydrogen) atoms. The van der Waals surface area contributed by atoms with Crippen LogP contribution in [0, 0.1) is 0 Å². The van der Waals surface area contributed by atoms with E-state index in [1.165, 1.54) is 19.3 Å². The average molecular weight is 478 g/mol. The first kappa shape index (κ1) is 22.3. The van der Waals surface area contributed by atoms with Crippen LogP contribution in [0.4, 0.5) is 0 Å². The quantitative estimate of drug-likeness (QED) is 0.338. The van der Waals surface area contributed by atoms with Crippen molar-refractivity contribution in [3.8, 4) is 5.88 Å². The average Bonchev–Trinajstić information content (AvgIpc) is 3.06. The van der Waals surface area contributed by atoms with Crippen LogP contribution in [0.3, 0.4) is 0 Å². The molecule has 1 aliphatic rings. The Kier molecular flexibility index (Phi) is 11.3. The lowest BCUT2D eigenvalue weighted by atomic mass is 10.2. The van der Waals surface area contributed by atoms with Gasteiger partial charge in [-0.3, -0.25) is 0 Å². The Morgan fingerprint density at radius 3 is 2.92 bits per heavy atom. The molecule has 0 aromatic carbocycles. The van der Waals surface area contributed by atoms with Gasteiger partial charge in [0.05, 0.1) is 13.2 Å². The van der Waals surface area contributed by atoms with E-state index in [4.69, 9.17) is 9.73 Å². The lowest BCUT2D eigenvalue weighted by molar-refractivity contribution is 0.302. The van der Waals surface area contributed by atoms with Crippen molar-refractivity contribution >= 4 is 41.7 Å². The Bertz CT molecular complexity index is 530. The number of hydrogen-bond donors (Lipinski definition) is 2. The molecular weight excluding hydrogens is 447 g/mol. The van der Waals surface area contributed by atoms with E-state index in [1.54, 1.807) is 6.20 Å². The first-order valence-electron chi connectivity index (χ1n) is 8.91. The molecule has 0 saturated heterocycles. The minimum absolute atomic E-state index is 0. The van der Waals surface area contributed by atoms with Gasteiger partial charge in [0.15, 0.2) is 5.96 Å². The zero-order valence-electron chi connectivity index (χ0n) is 15.5. The molecule has 1 saturated carbocycles. The summed E-state index contributed by atoms with van der Waals surface area (Å²) in [4.78, 5) is 9.06. The fraction of sp³-hybridized carbons (Fsp3) is 0.667. The van der Waals surface area contributed by atoms with Crippen molar-refractivity contribution in [1.82, 2.24) is 15.6 Å². The second kappa shape index (κ2) is 12.6. The van der Waals surface area contributed by atoms with E-state index < -0.39 is 0 Å². The van der Waals surface area contributed by atoms with E-state index >= 15 is 0 Å². The normalized spacial score (nSPS) is 20.0. The number of halogens is 1. The Balaban J connectivity index is 0.00000312. The zero-order chi connectivity index (χ0) is 17.2. The van der Waals surface area contributed by atoms with Gasteiger partial charge in [-0.2, -0.15) is 11.8 Å². The molecular formula is C18H31IN4OS. The summed E-state index contributed by atoms with van der Waals surface area (Å²) in [6.45, 7) is 6.30. The summed E-state index contributed by atoms with van der Waals surface area (Å²) >= 11 is 1.97. The highest BCUT2D eigenvalue weighted by Crippen LogP contribution is 2.28. The predicted molar refractivity (Wildman–Crippen MR) is 118 cm³/mol. The summed E-state index contributed by atoms with van der Waals surface area (Å²) in [5.74, 6) is 1.58. The molecule has 2 unspecified atom stereocenters. The third kappa shape index (κ3) is 7.60. The monoisotopic (exact) mass is 478 g/mol. The van der Waals surface area contributed by atoms with Crippen LogP contribution in [0.25, 0.3) is 0 Å². The molecule has 1 aromatic heterocycles. The van der Waals surface area contributed by atoms with Crippen LogP contribution >= 0.6 is 35.7 Å². The van der Waals surface area contributed by atoms with Gasteiger partial charge in [0, 0.05) is 29.6 Å². The van der Waals surface area contributed by atoms with E-state index in [9.17, 15) is 0 Å². The Morgan fingerprint density at radius 1 is 1.40 bits per heavy atom. The van der Waals surface area contributed by atoms with Gasteiger partial charge < -0.3 is 15.4 Å². The van der Waals surface area contributed by atoms with Gasteiger partial charge in [0.25, 0.3) is 0 Å². The highest BCUT2D eigenvalue weighted by Gasteiger charge is 2.24. The third-order valence-corrected chi connectivity index (χ3v) is 5.20. The smallest absolute Gasteiger partial charge is 0.218 e. The number of hydrogen-bond acceptors (Lipinski definition) is 4. The van der Waals surface area contributed by atoms with Crippen LogP contribution in [0.15, 0.2) is 23.3 Å². The maximum atomic E-state index is 5.72. The Hall–Kier alpha value is -0.700. The molecule has 0 aliphatic heterocycles. The van der Waals surface area contributed by atoms with Crippen LogP contribution in [-0.2, 0) is 6.54 Å². The summed E-state index contributed by atoms with van der Waals surface area (Å²) in [6, 6.07) is 4.49. The van der Waals surface area contributed by atoms with Crippen molar-refractivity contribution in [1.29, 1.82) is 0 Å². The van der Waals surface area contributed by atoms with Gasteiger partial charge in [-0.15, -0.1) is 24.0 Å². The van der Waals surface area contributed by atoms with Gasteiger partial charge in [0.2, 0.25) is 5.88 Å². The van der Waals surface area contributed by atoms with Gasteiger partial charge in [0.1, 0.15) is 0 Å². The molecule has 7 heteroatoms. The van der Waals surface area contributed by atoms with E-state index in [0.29, 0.717) is 25.1 Å². The topological polar surface area (TPSA) is 58.5 Å². The molecule has 0 spiro atoms. The second-order valence-electron chi connectivity index (χ2n) is 6.02. The molecule has 1 fully saturated rings. The molecule has 2 atom stereocenters. The predicted octanol–water partition coefficient (Wildman–Crippen LogP) is 3.83. The van der Waals surface area contributed by atoms with Crippen LogP contribution in [0.1, 0.15) is 45.1 Å². The number of nitrogens with one attached hydrogen (secondary N) is 2. The number of ether oxygens (including phenoxy) is 1. The molecule has 0 bridgehead atoms. The number of pyridine rings is 1. The number of nitrogens with zero attached hydrogens (tertiary/aromatic N) is 2. The van der Waals surface area contributed by atoms with Gasteiger partial charge in [-0.1, -0.05) is 13.0 Å². The van der Waals surface area contributed by atoms with Crippen molar-refractivity contribution in [2.45, 2.75) is 57.4 Å². The summed E-state index contributed by atoms with van der Waals surface area (Å²) in [6.07, 6.45) is 8.66. The van der Waals surface area contributed by atoms with E-state index in [-0.39, 0.29) is 24.0 Å². The highest BCUT2D eigenvalue weighted by atomic mass is 127. The van der Waals surface area contributed by atoms with Gasteiger partial charge in [-0.05, 0) is 44.9 Å². The second-order valence-corrected chi connectivity index (χ2v) is 7.16. The number of aliphatic imine (C=N–C) groups is 1. The first-order valence-corrected chi connectivity index (χ1v) is 10.2. The molecule has 1 aromatic rings. The maximum Gasteiger partial charge on any atom is 0.218 e. The lowest BCUT2D eigenvalue weighted by Gasteiger charge is -2.17. The molecule has 2 rings (SSSR count). The summed E-state index contributed by atoms with van der Waals surface area (Å²) in [7, 11) is 0. The fourth-order valence-electron chi connectivity index (χ4n) is 2.84. The number of rotatable bonds is 8. The standard InChI is InChI=1S/C18H30N4OS.HI/c1-4-11-23-17-14(7-6-10-20-17)13-21-18(19-5-2)22-15-8-9-16(12-15)24-3;/h6-7,10,15-16H,4-5,8-9,11-13H2,1-3H3,(H2,19,21,22);1H. The SMILES string of the molecule is CCCOc1ncccc1CN=C(NCC)NC1CCC(SC)C1.I. The van der Waals surface area contributed by atoms with E-state index in [2.05, 4.69) is 35.7 Å². The Labute approximate surface area is 173 Å². The first-order chi connectivity index (χ1) is 11.8. The summed E-state index contributed by atoms with van der Waals surface area (Å²) < 4.78 is 5.72. The van der Waals surface area contributed by atoms with E-state index in [1.807, 2.05) is 23.9 Å². The van der Waals surface area contributed by atoms with Crippen LogP contribution in [0.2, 0.25) is 0 Å². The van der Waals surface area contributed by atoms with Gasteiger partial charge >= 0.3 is 0 Å². The molecule has 0 amide bonds.